The van der Waals surface area contributed by atoms with E-state index in [9.17, 15) is 4.79 Å². The first-order chi connectivity index (χ1) is 13.6. The number of aryl methyl sites for hydroxylation is 1. The number of fused-ring (bicyclic) bond motifs is 2. The maximum atomic E-state index is 12.2. The summed E-state index contributed by atoms with van der Waals surface area (Å²) in [5, 5.41) is 1.65. The van der Waals surface area contributed by atoms with E-state index < -0.39 is 5.63 Å². The first-order valence-electron chi connectivity index (χ1n) is 8.83. The third-order valence-electron chi connectivity index (χ3n) is 4.81. The second kappa shape index (κ2) is 6.16. The van der Waals surface area contributed by atoms with E-state index >= 15 is 0 Å². The number of rotatable bonds is 3. The summed E-state index contributed by atoms with van der Waals surface area (Å²) in [7, 11) is 1.60. The van der Waals surface area contributed by atoms with E-state index in [2.05, 4.69) is 0 Å². The van der Waals surface area contributed by atoms with Gasteiger partial charge in [-0.15, -0.1) is 0 Å². The molecule has 0 aliphatic heterocycles. The number of ether oxygens (including phenoxy) is 1. The van der Waals surface area contributed by atoms with Crippen LogP contribution in [0.4, 0.5) is 0 Å². The molecule has 5 heteroatoms. The summed E-state index contributed by atoms with van der Waals surface area (Å²) >= 11 is 0. The number of hydrogen-bond donors (Lipinski definition) is 0. The van der Waals surface area contributed by atoms with Crippen molar-refractivity contribution in [2.24, 2.45) is 0 Å². The molecule has 0 amide bonds. The van der Waals surface area contributed by atoms with Crippen LogP contribution in [0.2, 0.25) is 0 Å². The lowest BCUT2D eigenvalue weighted by Crippen LogP contribution is -1.98. The van der Waals surface area contributed by atoms with Gasteiger partial charge in [-0.2, -0.15) is 0 Å². The summed E-state index contributed by atoms with van der Waals surface area (Å²) < 4.78 is 22.6. The van der Waals surface area contributed by atoms with E-state index in [1.807, 2.05) is 43.3 Å². The van der Waals surface area contributed by atoms with Gasteiger partial charge in [-0.25, -0.2) is 4.79 Å². The van der Waals surface area contributed by atoms with Gasteiger partial charge in [0.2, 0.25) is 0 Å². The quantitative estimate of drug-likeness (QED) is 0.375. The maximum Gasteiger partial charge on any atom is 0.336 e. The van der Waals surface area contributed by atoms with Gasteiger partial charge in [0, 0.05) is 22.4 Å². The Morgan fingerprint density at radius 2 is 1.71 bits per heavy atom. The SMILES string of the molecule is COc1ccc2oc(=O)cc(-c3oc4ccc(C)cc4c3-c3ccco3)c2c1. The van der Waals surface area contributed by atoms with E-state index in [0.717, 1.165) is 27.5 Å². The standard InChI is InChI=1S/C23H16O5/c1-13-5-7-19-17(10-13)22(20-4-3-9-26-20)23(28-19)16-12-21(24)27-18-8-6-14(25-2)11-15(16)18/h3-12H,1-2H3. The molecule has 28 heavy (non-hydrogen) atoms. The molecule has 3 heterocycles. The smallest absolute Gasteiger partial charge is 0.336 e. The molecule has 0 spiro atoms. The Morgan fingerprint density at radius 3 is 2.50 bits per heavy atom. The average molecular weight is 372 g/mol. The molecule has 0 atom stereocenters. The second-order valence-corrected chi connectivity index (χ2v) is 6.62. The fourth-order valence-electron chi connectivity index (χ4n) is 3.52. The molecule has 0 bridgehead atoms. The van der Waals surface area contributed by atoms with Crippen molar-refractivity contribution in [1.82, 2.24) is 0 Å². The summed E-state index contributed by atoms with van der Waals surface area (Å²) in [6.07, 6.45) is 1.62. The largest absolute Gasteiger partial charge is 0.497 e. The zero-order chi connectivity index (χ0) is 19.3. The van der Waals surface area contributed by atoms with Crippen molar-refractivity contribution in [2.45, 2.75) is 6.92 Å². The summed E-state index contributed by atoms with van der Waals surface area (Å²) in [5.41, 5.74) is 3.27. The average Bonchev–Trinajstić information content (AvgIpc) is 3.34. The molecule has 5 nitrogen and oxygen atoms in total. The van der Waals surface area contributed by atoms with Crippen molar-refractivity contribution in [3.63, 3.8) is 0 Å². The van der Waals surface area contributed by atoms with Gasteiger partial charge >= 0.3 is 5.63 Å². The molecule has 0 saturated heterocycles. The van der Waals surface area contributed by atoms with Crippen LogP contribution in [0.15, 0.2) is 78.9 Å². The monoisotopic (exact) mass is 372 g/mol. The molecule has 2 aromatic carbocycles. The van der Waals surface area contributed by atoms with Gasteiger partial charge in [0.15, 0.2) is 0 Å². The van der Waals surface area contributed by atoms with Gasteiger partial charge < -0.3 is 18.0 Å². The molecule has 0 aliphatic carbocycles. The minimum Gasteiger partial charge on any atom is -0.497 e. The van der Waals surface area contributed by atoms with E-state index in [0.29, 0.717) is 28.4 Å². The maximum absolute atomic E-state index is 12.2. The zero-order valence-electron chi connectivity index (χ0n) is 15.3. The van der Waals surface area contributed by atoms with Crippen LogP contribution in [-0.2, 0) is 0 Å². The third-order valence-corrected chi connectivity index (χ3v) is 4.81. The van der Waals surface area contributed by atoms with E-state index in [4.69, 9.17) is 18.0 Å². The highest BCUT2D eigenvalue weighted by Gasteiger charge is 2.22. The van der Waals surface area contributed by atoms with Crippen LogP contribution >= 0.6 is 0 Å². The van der Waals surface area contributed by atoms with Crippen LogP contribution in [0, 0.1) is 6.92 Å². The van der Waals surface area contributed by atoms with Gasteiger partial charge in [0.25, 0.3) is 0 Å². The molecule has 0 unspecified atom stereocenters. The lowest BCUT2D eigenvalue weighted by Gasteiger charge is -2.07. The minimum absolute atomic E-state index is 0.449. The van der Waals surface area contributed by atoms with Crippen LogP contribution in [-0.4, -0.2) is 7.11 Å². The molecular formula is C23H16O5. The lowest BCUT2D eigenvalue weighted by atomic mass is 10.0. The van der Waals surface area contributed by atoms with E-state index in [1.165, 1.54) is 6.07 Å². The Labute approximate surface area is 159 Å². The van der Waals surface area contributed by atoms with E-state index in [1.54, 1.807) is 25.5 Å². The van der Waals surface area contributed by atoms with Crippen LogP contribution in [0.25, 0.3) is 44.6 Å². The number of methoxy groups -OCH3 is 1. The predicted molar refractivity (Wildman–Crippen MR) is 107 cm³/mol. The van der Waals surface area contributed by atoms with E-state index in [-0.39, 0.29) is 0 Å². The van der Waals surface area contributed by atoms with Crippen molar-refractivity contribution in [1.29, 1.82) is 0 Å². The Bertz CT molecular complexity index is 1370. The number of hydrogen-bond acceptors (Lipinski definition) is 5. The summed E-state index contributed by atoms with van der Waals surface area (Å²) in [6, 6.07) is 16.4. The third kappa shape index (κ3) is 2.52. The molecule has 5 aromatic rings. The van der Waals surface area contributed by atoms with Gasteiger partial charge in [0.05, 0.1) is 18.9 Å². The van der Waals surface area contributed by atoms with Crippen LogP contribution in [0.5, 0.6) is 5.75 Å². The van der Waals surface area contributed by atoms with Crippen LogP contribution < -0.4 is 10.4 Å². The van der Waals surface area contributed by atoms with Crippen molar-refractivity contribution in [3.8, 4) is 28.4 Å². The van der Waals surface area contributed by atoms with Gasteiger partial charge in [0.1, 0.15) is 28.4 Å². The Morgan fingerprint density at radius 1 is 0.893 bits per heavy atom. The normalized spacial score (nSPS) is 11.4. The highest BCUT2D eigenvalue weighted by Crippen LogP contribution is 2.43. The van der Waals surface area contributed by atoms with Crippen molar-refractivity contribution in [2.75, 3.05) is 7.11 Å². The molecular weight excluding hydrogens is 356 g/mol. The van der Waals surface area contributed by atoms with Crippen LogP contribution in [0.3, 0.4) is 0 Å². The molecule has 5 rings (SSSR count). The topological polar surface area (TPSA) is 65.7 Å². The number of furan rings is 2. The van der Waals surface area contributed by atoms with Crippen molar-refractivity contribution < 1.29 is 18.0 Å². The van der Waals surface area contributed by atoms with Crippen LogP contribution in [0.1, 0.15) is 5.56 Å². The first kappa shape index (κ1) is 16.4. The minimum atomic E-state index is -0.449. The summed E-state index contributed by atoms with van der Waals surface area (Å²) in [6.45, 7) is 2.02. The lowest BCUT2D eigenvalue weighted by molar-refractivity contribution is 0.415. The molecule has 0 saturated carbocycles. The molecule has 0 fully saturated rings. The van der Waals surface area contributed by atoms with Crippen molar-refractivity contribution >= 4 is 21.9 Å². The highest BCUT2D eigenvalue weighted by molar-refractivity contribution is 6.05. The van der Waals surface area contributed by atoms with Crippen molar-refractivity contribution in [3.05, 3.63) is 76.8 Å². The fraction of sp³-hybridized carbons (Fsp3) is 0.0870. The molecule has 3 aromatic heterocycles. The Hall–Kier alpha value is -3.73. The van der Waals surface area contributed by atoms with Gasteiger partial charge in [-0.05, 0) is 49.4 Å². The molecule has 0 aliphatic rings. The highest BCUT2D eigenvalue weighted by atomic mass is 16.5. The predicted octanol–water partition coefficient (Wildman–Crippen LogP) is 5.78. The molecule has 0 N–H and O–H groups in total. The Kier molecular flexibility index (Phi) is 3.62. The first-order valence-corrected chi connectivity index (χ1v) is 8.83. The zero-order valence-corrected chi connectivity index (χ0v) is 15.3. The van der Waals surface area contributed by atoms with Gasteiger partial charge in [-0.3, -0.25) is 0 Å². The fourth-order valence-corrected chi connectivity index (χ4v) is 3.52. The molecule has 138 valence electrons. The second-order valence-electron chi connectivity index (χ2n) is 6.62. The Balaban J connectivity index is 1.92. The summed E-state index contributed by atoms with van der Waals surface area (Å²) in [5.74, 6) is 1.89. The summed E-state index contributed by atoms with van der Waals surface area (Å²) in [4.78, 5) is 12.2. The number of benzene rings is 2. The van der Waals surface area contributed by atoms with Gasteiger partial charge in [-0.1, -0.05) is 11.6 Å². The molecule has 0 radical (unpaired) electrons.